The smallest absolute Gasteiger partial charge is 0.0634 e. The SMILES string of the molecule is COC(C)(C)CCNC1CCCC(C)(C)C1. The van der Waals surface area contributed by atoms with E-state index in [4.69, 9.17) is 4.74 Å². The van der Waals surface area contributed by atoms with Gasteiger partial charge >= 0.3 is 0 Å². The van der Waals surface area contributed by atoms with Crippen LogP contribution in [0.1, 0.15) is 59.8 Å². The average Bonchev–Trinajstić information content (AvgIpc) is 2.16. The fraction of sp³-hybridized carbons (Fsp3) is 1.00. The largest absolute Gasteiger partial charge is 0.379 e. The maximum absolute atomic E-state index is 5.43. The molecular weight excluding hydrogens is 198 g/mol. The zero-order chi connectivity index (χ0) is 12.2. The summed E-state index contributed by atoms with van der Waals surface area (Å²) in [7, 11) is 1.80. The highest BCUT2D eigenvalue weighted by atomic mass is 16.5. The van der Waals surface area contributed by atoms with E-state index >= 15 is 0 Å². The van der Waals surface area contributed by atoms with E-state index in [-0.39, 0.29) is 5.60 Å². The van der Waals surface area contributed by atoms with Crippen molar-refractivity contribution in [1.82, 2.24) is 5.32 Å². The molecule has 0 bridgehead atoms. The minimum Gasteiger partial charge on any atom is -0.379 e. The molecule has 96 valence electrons. The molecule has 0 heterocycles. The first-order chi connectivity index (χ1) is 7.35. The van der Waals surface area contributed by atoms with Crippen LogP contribution in [0.4, 0.5) is 0 Å². The van der Waals surface area contributed by atoms with Crippen LogP contribution >= 0.6 is 0 Å². The summed E-state index contributed by atoms with van der Waals surface area (Å²) in [5, 5.41) is 3.69. The van der Waals surface area contributed by atoms with Gasteiger partial charge in [0, 0.05) is 13.2 Å². The fourth-order valence-electron chi connectivity index (χ4n) is 2.55. The Morgan fingerprint density at radius 1 is 1.38 bits per heavy atom. The molecule has 0 aromatic heterocycles. The second kappa shape index (κ2) is 5.50. The molecule has 0 amide bonds. The summed E-state index contributed by atoms with van der Waals surface area (Å²) < 4.78 is 5.43. The first kappa shape index (κ1) is 14.0. The highest BCUT2D eigenvalue weighted by molar-refractivity contribution is 4.83. The maximum Gasteiger partial charge on any atom is 0.0634 e. The summed E-state index contributed by atoms with van der Waals surface area (Å²) in [5.41, 5.74) is 0.546. The van der Waals surface area contributed by atoms with E-state index in [0.717, 1.165) is 19.0 Å². The van der Waals surface area contributed by atoms with Gasteiger partial charge in [0.05, 0.1) is 5.60 Å². The van der Waals surface area contributed by atoms with Gasteiger partial charge in [-0.25, -0.2) is 0 Å². The van der Waals surface area contributed by atoms with Gasteiger partial charge in [0.25, 0.3) is 0 Å². The van der Waals surface area contributed by atoms with E-state index in [1.807, 2.05) is 0 Å². The van der Waals surface area contributed by atoms with Crippen molar-refractivity contribution in [2.75, 3.05) is 13.7 Å². The molecule has 1 atom stereocenters. The first-order valence-electron chi connectivity index (χ1n) is 6.63. The van der Waals surface area contributed by atoms with Gasteiger partial charge < -0.3 is 10.1 Å². The molecule has 1 rings (SSSR count). The zero-order valence-electron chi connectivity index (χ0n) is 11.7. The van der Waals surface area contributed by atoms with E-state index in [1.165, 1.54) is 25.7 Å². The number of hydrogen-bond donors (Lipinski definition) is 1. The number of nitrogens with one attached hydrogen (secondary N) is 1. The Bertz CT molecular complexity index is 211. The monoisotopic (exact) mass is 227 g/mol. The quantitative estimate of drug-likeness (QED) is 0.777. The number of methoxy groups -OCH3 is 1. The molecule has 0 aromatic rings. The van der Waals surface area contributed by atoms with Crippen molar-refractivity contribution in [3.05, 3.63) is 0 Å². The van der Waals surface area contributed by atoms with E-state index in [9.17, 15) is 0 Å². The minimum atomic E-state index is 0.0111. The van der Waals surface area contributed by atoms with Crippen LogP contribution in [0, 0.1) is 5.41 Å². The van der Waals surface area contributed by atoms with Crippen LogP contribution in [-0.2, 0) is 4.74 Å². The van der Waals surface area contributed by atoms with Crippen LogP contribution in [0.25, 0.3) is 0 Å². The molecule has 1 aliphatic rings. The Balaban J connectivity index is 2.23. The zero-order valence-corrected chi connectivity index (χ0v) is 11.7. The molecule has 1 N–H and O–H groups in total. The van der Waals surface area contributed by atoms with Crippen molar-refractivity contribution in [1.29, 1.82) is 0 Å². The first-order valence-corrected chi connectivity index (χ1v) is 6.63. The third-order valence-corrected chi connectivity index (χ3v) is 3.92. The van der Waals surface area contributed by atoms with Gasteiger partial charge in [0.1, 0.15) is 0 Å². The lowest BCUT2D eigenvalue weighted by Gasteiger charge is -2.36. The Morgan fingerprint density at radius 3 is 2.62 bits per heavy atom. The van der Waals surface area contributed by atoms with Crippen LogP contribution in [0.5, 0.6) is 0 Å². The molecule has 1 unspecified atom stereocenters. The normalized spacial score (nSPS) is 25.7. The molecule has 1 saturated carbocycles. The number of hydrogen-bond acceptors (Lipinski definition) is 2. The van der Waals surface area contributed by atoms with Gasteiger partial charge in [-0.2, -0.15) is 0 Å². The predicted molar refractivity (Wildman–Crippen MR) is 69.7 cm³/mol. The highest BCUT2D eigenvalue weighted by Gasteiger charge is 2.27. The molecule has 0 saturated heterocycles. The summed E-state index contributed by atoms with van der Waals surface area (Å²) in [4.78, 5) is 0. The van der Waals surface area contributed by atoms with Crippen LogP contribution in [0.3, 0.4) is 0 Å². The molecule has 0 spiro atoms. The topological polar surface area (TPSA) is 21.3 Å². The molecule has 0 aromatic carbocycles. The van der Waals surface area contributed by atoms with Crippen molar-refractivity contribution in [3.8, 4) is 0 Å². The van der Waals surface area contributed by atoms with Gasteiger partial charge in [-0.3, -0.25) is 0 Å². The summed E-state index contributed by atoms with van der Waals surface area (Å²) in [6.07, 6.45) is 6.50. The highest BCUT2D eigenvalue weighted by Crippen LogP contribution is 2.35. The second-order valence-corrected chi connectivity index (χ2v) is 6.63. The Hall–Kier alpha value is -0.0800. The minimum absolute atomic E-state index is 0.0111. The molecule has 1 fully saturated rings. The van der Waals surface area contributed by atoms with Crippen molar-refractivity contribution in [2.45, 2.75) is 71.4 Å². The average molecular weight is 227 g/mol. The molecule has 2 heteroatoms. The molecule has 0 aliphatic heterocycles. The summed E-state index contributed by atoms with van der Waals surface area (Å²) >= 11 is 0. The molecule has 16 heavy (non-hydrogen) atoms. The van der Waals surface area contributed by atoms with Crippen LogP contribution < -0.4 is 5.32 Å². The van der Waals surface area contributed by atoms with E-state index in [1.54, 1.807) is 7.11 Å². The lowest BCUT2D eigenvalue weighted by molar-refractivity contribution is 0.0146. The predicted octanol–water partition coefficient (Wildman–Crippen LogP) is 3.36. The standard InChI is InChI=1S/C14H29NO/c1-13(2)8-6-7-12(11-13)15-10-9-14(3,4)16-5/h12,15H,6-11H2,1-5H3. The van der Waals surface area contributed by atoms with Gasteiger partial charge in [-0.1, -0.05) is 20.3 Å². The Labute approximate surface area is 101 Å². The molecule has 2 nitrogen and oxygen atoms in total. The second-order valence-electron chi connectivity index (χ2n) is 6.63. The molecule has 0 radical (unpaired) electrons. The van der Waals surface area contributed by atoms with Crippen molar-refractivity contribution < 1.29 is 4.74 Å². The Morgan fingerprint density at radius 2 is 2.06 bits per heavy atom. The lowest BCUT2D eigenvalue weighted by atomic mass is 9.75. The Kier molecular flexibility index (Phi) is 4.81. The van der Waals surface area contributed by atoms with Crippen LogP contribution in [-0.4, -0.2) is 25.3 Å². The summed E-state index contributed by atoms with van der Waals surface area (Å²) in [6.45, 7) is 10.2. The van der Waals surface area contributed by atoms with E-state index in [2.05, 4.69) is 33.0 Å². The van der Waals surface area contributed by atoms with Gasteiger partial charge in [0.15, 0.2) is 0 Å². The van der Waals surface area contributed by atoms with Crippen molar-refractivity contribution >= 4 is 0 Å². The van der Waals surface area contributed by atoms with E-state index in [0.29, 0.717) is 5.41 Å². The third-order valence-electron chi connectivity index (χ3n) is 3.92. The van der Waals surface area contributed by atoms with Crippen molar-refractivity contribution in [3.63, 3.8) is 0 Å². The van der Waals surface area contributed by atoms with Crippen LogP contribution in [0.15, 0.2) is 0 Å². The van der Waals surface area contributed by atoms with E-state index < -0.39 is 0 Å². The van der Waals surface area contributed by atoms with Gasteiger partial charge in [0.2, 0.25) is 0 Å². The molecular formula is C14H29NO. The van der Waals surface area contributed by atoms with Crippen LogP contribution in [0.2, 0.25) is 0 Å². The maximum atomic E-state index is 5.43. The third kappa shape index (κ3) is 4.84. The number of rotatable bonds is 5. The molecule has 1 aliphatic carbocycles. The summed E-state index contributed by atoms with van der Waals surface area (Å²) in [6, 6.07) is 0.719. The van der Waals surface area contributed by atoms with Gasteiger partial charge in [-0.15, -0.1) is 0 Å². The lowest BCUT2D eigenvalue weighted by Crippen LogP contribution is -2.39. The fourth-order valence-corrected chi connectivity index (χ4v) is 2.55. The summed E-state index contributed by atoms with van der Waals surface area (Å²) in [5.74, 6) is 0. The van der Waals surface area contributed by atoms with Crippen molar-refractivity contribution in [2.24, 2.45) is 5.41 Å². The number of ether oxygens (including phenoxy) is 1. The van der Waals surface area contributed by atoms with Gasteiger partial charge in [-0.05, 0) is 51.5 Å².